The zero-order valence-corrected chi connectivity index (χ0v) is 25.9. The molecule has 0 aliphatic heterocycles. The number of carbonyl (C=O) groups excluding carboxylic acids is 2. The summed E-state index contributed by atoms with van der Waals surface area (Å²) in [5, 5.41) is 19.3. The van der Waals surface area contributed by atoms with Gasteiger partial charge in [0.25, 0.3) is 12.4 Å². The molecule has 1 atom stereocenters. The van der Waals surface area contributed by atoms with Crippen molar-refractivity contribution in [1.29, 1.82) is 0 Å². The molecule has 0 aliphatic rings. The van der Waals surface area contributed by atoms with E-state index in [-0.39, 0.29) is 78.4 Å². The number of carbonyl (C=O) groups is 2. The van der Waals surface area contributed by atoms with E-state index in [1.807, 2.05) is 0 Å². The second-order valence-electron chi connectivity index (χ2n) is 10.6. The molecule has 13 nitrogen and oxygen atoms in total. The Hall–Kier alpha value is -4.25. The third kappa shape index (κ3) is 7.58. The second kappa shape index (κ2) is 14.9. The van der Waals surface area contributed by atoms with Gasteiger partial charge in [-0.05, 0) is 18.6 Å². The summed E-state index contributed by atoms with van der Waals surface area (Å²) in [4.78, 5) is 33.0. The zero-order chi connectivity index (χ0) is 33.5. The molecule has 4 rings (SSSR count). The van der Waals surface area contributed by atoms with E-state index in [9.17, 15) is 27.9 Å². The highest BCUT2D eigenvalue weighted by Gasteiger charge is 2.39. The highest BCUT2D eigenvalue weighted by Crippen LogP contribution is 2.39. The van der Waals surface area contributed by atoms with Gasteiger partial charge in [0.15, 0.2) is 22.9 Å². The number of aromatic nitrogens is 5. The highest BCUT2D eigenvalue weighted by molar-refractivity contribution is 6.18. The Kier molecular flexibility index (Phi) is 11.2. The molecule has 3 aromatic heterocycles. The fourth-order valence-corrected chi connectivity index (χ4v) is 4.92. The van der Waals surface area contributed by atoms with E-state index in [1.165, 1.54) is 35.3 Å². The van der Waals surface area contributed by atoms with Gasteiger partial charge in [-0.15, -0.1) is 11.6 Å². The van der Waals surface area contributed by atoms with E-state index in [4.69, 9.17) is 26.8 Å². The normalized spacial score (nSPS) is 13.0. The summed E-state index contributed by atoms with van der Waals surface area (Å²) in [7, 11) is 0. The molecule has 0 saturated carbocycles. The van der Waals surface area contributed by atoms with Gasteiger partial charge < -0.3 is 30.9 Å². The van der Waals surface area contributed by atoms with Gasteiger partial charge in [-0.3, -0.25) is 18.7 Å². The fourth-order valence-electron chi connectivity index (χ4n) is 4.75. The molecule has 0 radical (unpaired) electrons. The van der Waals surface area contributed by atoms with Crippen molar-refractivity contribution >= 4 is 41.1 Å². The maximum atomic E-state index is 14.1. The Morgan fingerprint density at radius 3 is 2.67 bits per heavy atom. The van der Waals surface area contributed by atoms with Gasteiger partial charge in [0.05, 0.1) is 43.0 Å². The quantitative estimate of drug-likeness (QED) is 0.0789. The molecular formula is C29H34ClF3N8O5. The lowest BCUT2D eigenvalue weighted by Gasteiger charge is -2.23. The molecule has 0 aliphatic carbocycles. The Bertz CT molecular complexity index is 1670. The third-order valence-corrected chi connectivity index (χ3v) is 7.70. The zero-order valence-electron chi connectivity index (χ0n) is 25.1. The molecule has 0 bridgehead atoms. The molecule has 248 valence electrons. The van der Waals surface area contributed by atoms with Crippen LogP contribution in [0.4, 0.5) is 24.7 Å². The molecule has 17 heteroatoms. The highest BCUT2D eigenvalue weighted by atomic mass is 35.5. The Morgan fingerprint density at radius 1 is 1.24 bits per heavy atom. The lowest BCUT2D eigenvalue weighted by Crippen LogP contribution is -2.29. The van der Waals surface area contributed by atoms with Crippen LogP contribution in [0.3, 0.4) is 0 Å². The number of alkyl halides is 4. The summed E-state index contributed by atoms with van der Waals surface area (Å²) in [6.07, 6.45) is 0.832. The molecule has 3 heterocycles. The first-order chi connectivity index (χ1) is 22.0. The molecule has 5 N–H and O–H groups in total. The smallest absolute Gasteiger partial charge is 0.426 e. The number of benzene rings is 1. The van der Waals surface area contributed by atoms with E-state index in [0.29, 0.717) is 25.1 Å². The summed E-state index contributed by atoms with van der Waals surface area (Å²) >= 11 is 5.96. The lowest BCUT2D eigenvalue weighted by molar-refractivity contribution is -0.141. The van der Waals surface area contributed by atoms with Crippen LogP contribution in [-0.2, 0) is 28.7 Å². The van der Waals surface area contributed by atoms with Crippen LogP contribution in [-0.4, -0.2) is 80.4 Å². The minimum Gasteiger partial charge on any atom is -0.426 e. The number of hydrogen-bond acceptors (Lipinski definition) is 10. The van der Waals surface area contributed by atoms with Crippen molar-refractivity contribution in [1.82, 2.24) is 29.5 Å². The number of amides is 1. The van der Waals surface area contributed by atoms with Crippen molar-refractivity contribution in [2.45, 2.75) is 33.0 Å². The van der Waals surface area contributed by atoms with Crippen molar-refractivity contribution < 1.29 is 37.3 Å². The van der Waals surface area contributed by atoms with Crippen molar-refractivity contribution in [3.05, 3.63) is 53.7 Å². The van der Waals surface area contributed by atoms with Gasteiger partial charge in [0.2, 0.25) is 0 Å². The van der Waals surface area contributed by atoms with Crippen molar-refractivity contribution in [3.8, 4) is 17.0 Å². The first kappa shape index (κ1) is 34.6. The second-order valence-corrected chi connectivity index (χ2v) is 10.9. The van der Waals surface area contributed by atoms with Crippen LogP contribution in [0, 0.1) is 5.41 Å². The average Bonchev–Trinajstić information content (AvgIpc) is 3.66. The number of nitrogens with one attached hydrogen (secondary N) is 2. The van der Waals surface area contributed by atoms with E-state index in [2.05, 4.69) is 25.7 Å². The van der Waals surface area contributed by atoms with Crippen LogP contribution in [0.25, 0.3) is 16.9 Å². The molecule has 0 fully saturated rings. The maximum absolute atomic E-state index is 14.1. The van der Waals surface area contributed by atoms with Crippen LogP contribution in [0.1, 0.15) is 35.5 Å². The maximum Gasteiger partial charge on any atom is 0.435 e. The Balaban J connectivity index is 1.71. The minimum absolute atomic E-state index is 0.00174. The van der Waals surface area contributed by atoms with Gasteiger partial charge in [0.1, 0.15) is 0 Å². The number of ether oxygens (including phenoxy) is 2. The summed E-state index contributed by atoms with van der Waals surface area (Å²) < 4.78 is 55.5. The summed E-state index contributed by atoms with van der Waals surface area (Å²) in [6.45, 7) is 4.46. The number of fused-ring (bicyclic) bond motifs is 1. The van der Waals surface area contributed by atoms with Gasteiger partial charge in [-0.2, -0.15) is 18.3 Å². The van der Waals surface area contributed by atoms with Crippen LogP contribution in [0.2, 0.25) is 0 Å². The van der Waals surface area contributed by atoms with Crippen molar-refractivity contribution in [3.63, 3.8) is 0 Å². The number of rotatable bonds is 16. The molecule has 1 amide bonds. The van der Waals surface area contributed by atoms with Gasteiger partial charge in [-0.1, -0.05) is 13.8 Å². The van der Waals surface area contributed by atoms with Crippen LogP contribution < -0.4 is 21.1 Å². The van der Waals surface area contributed by atoms with Crippen molar-refractivity contribution in [2.75, 3.05) is 44.1 Å². The fraction of sp³-hybridized carbons (Fsp3) is 0.414. The molecule has 1 unspecified atom stereocenters. The Morgan fingerprint density at radius 2 is 2.02 bits per heavy atom. The number of aliphatic hydroxyl groups is 1. The van der Waals surface area contributed by atoms with Crippen molar-refractivity contribution in [2.24, 2.45) is 11.1 Å². The molecule has 0 saturated heterocycles. The van der Waals surface area contributed by atoms with E-state index >= 15 is 0 Å². The van der Waals surface area contributed by atoms with Crippen LogP contribution in [0.5, 0.6) is 5.75 Å². The number of anilines is 2. The SMILES string of the molecule is CCc1c(C(=O)NCCOCCN)ccc(Nc2nccn3c(-c4cn(CC(C)(CO)CCl)nc4C(F)(F)F)cnc23)c1OC=O. The third-order valence-electron chi connectivity index (χ3n) is 7.05. The number of aliphatic hydroxyl groups excluding tert-OH is 1. The first-order valence-electron chi connectivity index (χ1n) is 14.2. The van der Waals surface area contributed by atoms with Gasteiger partial charge in [0, 0.05) is 60.6 Å². The predicted molar refractivity (Wildman–Crippen MR) is 163 cm³/mol. The Labute approximate surface area is 266 Å². The minimum atomic E-state index is -4.79. The number of halogens is 4. The topological polar surface area (TPSA) is 171 Å². The summed E-state index contributed by atoms with van der Waals surface area (Å²) in [5.74, 6) is -0.189. The summed E-state index contributed by atoms with van der Waals surface area (Å²) in [6, 6.07) is 3.07. The van der Waals surface area contributed by atoms with E-state index < -0.39 is 23.2 Å². The number of nitrogens with two attached hydrogens (primary N) is 1. The summed E-state index contributed by atoms with van der Waals surface area (Å²) in [5.41, 5.74) is 4.34. The lowest BCUT2D eigenvalue weighted by atomic mass is 9.95. The molecular weight excluding hydrogens is 633 g/mol. The number of hydrogen-bond donors (Lipinski definition) is 4. The van der Waals surface area contributed by atoms with Crippen LogP contribution >= 0.6 is 11.6 Å². The number of nitrogens with zero attached hydrogens (tertiary/aromatic N) is 5. The first-order valence-corrected chi connectivity index (χ1v) is 14.8. The average molecular weight is 667 g/mol. The monoisotopic (exact) mass is 666 g/mol. The standard InChI is InChI=1S/C29H34ClF3N8O5/c1-3-18-19(27(44)36-8-11-45-10-6-34)4-5-21(23(18)46-17-43)38-25-26-37-12-22(41(26)9-7-35-25)20-13-40(15-28(2,14-30)16-42)39-24(20)29(31,32)33/h4-5,7,9,12-13,17,42H,3,6,8,10-11,14-16,34H2,1-2H3,(H,35,38)(H,36,44). The van der Waals surface area contributed by atoms with E-state index in [1.54, 1.807) is 19.9 Å². The largest absolute Gasteiger partial charge is 0.435 e. The van der Waals surface area contributed by atoms with E-state index in [0.717, 1.165) is 4.68 Å². The van der Waals surface area contributed by atoms with Gasteiger partial charge >= 0.3 is 6.18 Å². The van der Waals surface area contributed by atoms with Gasteiger partial charge in [-0.25, -0.2) is 9.97 Å². The van der Waals surface area contributed by atoms with Crippen LogP contribution in [0.15, 0.2) is 36.9 Å². The molecule has 1 aromatic carbocycles. The molecule has 4 aromatic rings. The molecule has 46 heavy (non-hydrogen) atoms. The number of imidazole rings is 1. The predicted octanol–water partition coefficient (Wildman–Crippen LogP) is 3.40. The molecule has 0 spiro atoms.